The van der Waals surface area contributed by atoms with Crippen molar-refractivity contribution in [1.82, 2.24) is 4.98 Å². The summed E-state index contributed by atoms with van der Waals surface area (Å²) in [7, 11) is 0. The van der Waals surface area contributed by atoms with Gasteiger partial charge in [-0.2, -0.15) is 18.3 Å². The van der Waals surface area contributed by atoms with Crippen molar-refractivity contribution in [2.24, 2.45) is 5.10 Å². The van der Waals surface area contributed by atoms with E-state index in [1.165, 1.54) is 6.21 Å². The monoisotopic (exact) mass is 424 g/mol. The Morgan fingerprint density at radius 3 is 2.42 bits per heavy atom. The maximum atomic E-state index is 12.9. The van der Waals surface area contributed by atoms with Crippen molar-refractivity contribution >= 4 is 28.5 Å². The zero-order chi connectivity index (χ0) is 22.0. The summed E-state index contributed by atoms with van der Waals surface area (Å²) in [5.74, 6) is 0. The first-order valence-electron chi connectivity index (χ1n) is 9.15. The minimum atomic E-state index is -4.68. The van der Waals surface area contributed by atoms with Crippen LogP contribution >= 0.6 is 0 Å². The minimum absolute atomic E-state index is 0.143. The van der Waals surface area contributed by atoms with E-state index >= 15 is 0 Å². The largest absolute Gasteiger partial charge is 0.416 e. The van der Waals surface area contributed by atoms with Gasteiger partial charge in [0.05, 0.1) is 22.4 Å². The van der Waals surface area contributed by atoms with Gasteiger partial charge in [0.25, 0.3) is 5.69 Å². The van der Waals surface area contributed by atoms with Crippen LogP contribution in [0.2, 0.25) is 0 Å². The number of nitro benzene ring substituents is 1. The van der Waals surface area contributed by atoms with Crippen molar-refractivity contribution in [1.29, 1.82) is 0 Å². The van der Waals surface area contributed by atoms with Crippen LogP contribution in [0.25, 0.3) is 22.2 Å². The van der Waals surface area contributed by atoms with Crippen LogP contribution in [0, 0.1) is 10.1 Å². The highest BCUT2D eigenvalue weighted by Gasteiger charge is 2.33. The molecule has 156 valence electrons. The summed E-state index contributed by atoms with van der Waals surface area (Å²) >= 11 is 0. The lowest BCUT2D eigenvalue weighted by Gasteiger charge is -2.08. The molecule has 0 spiro atoms. The van der Waals surface area contributed by atoms with E-state index in [1.807, 2.05) is 54.6 Å². The average molecular weight is 424 g/mol. The second-order valence-corrected chi connectivity index (χ2v) is 6.68. The van der Waals surface area contributed by atoms with E-state index in [4.69, 9.17) is 0 Å². The third kappa shape index (κ3) is 4.11. The first-order valence-corrected chi connectivity index (χ1v) is 9.15. The molecule has 0 amide bonds. The number of anilines is 1. The average Bonchev–Trinajstić information content (AvgIpc) is 3.12. The van der Waals surface area contributed by atoms with Crippen LogP contribution in [0.15, 0.2) is 77.9 Å². The van der Waals surface area contributed by atoms with Crippen LogP contribution in [-0.4, -0.2) is 16.1 Å². The lowest BCUT2D eigenvalue weighted by molar-refractivity contribution is -0.384. The molecule has 0 saturated carbocycles. The second kappa shape index (κ2) is 7.94. The number of nitrogens with zero attached hydrogens (tertiary/aromatic N) is 2. The van der Waals surface area contributed by atoms with Gasteiger partial charge in [0, 0.05) is 22.5 Å². The number of hydrogen-bond donors (Lipinski definition) is 2. The van der Waals surface area contributed by atoms with Gasteiger partial charge in [-0.3, -0.25) is 15.5 Å². The predicted octanol–water partition coefficient (Wildman–Crippen LogP) is 6.21. The number of H-pyrrole nitrogens is 1. The fourth-order valence-electron chi connectivity index (χ4n) is 3.25. The van der Waals surface area contributed by atoms with Crippen molar-refractivity contribution < 1.29 is 18.1 Å². The molecule has 0 bridgehead atoms. The SMILES string of the molecule is O=[N+]([O-])c1cc(C(F)(F)F)ccc1N/N=C/c1c(-c2ccccc2)[nH]c2ccccc12. The fourth-order valence-corrected chi connectivity index (χ4v) is 3.25. The Balaban J connectivity index is 1.71. The smallest absolute Gasteiger partial charge is 0.354 e. The fraction of sp³-hybridized carbons (Fsp3) is 0.0455. The molecule has 3 aromatic carbocycles. The van der Waals surface area contributed by atoms with E-state index in [2.05, 4.69) is 15.5 Å². The number of fused-ring (bicyclic) bond motifs is 1. The normalized spacial score (nSPS) is 11.8. The second-order valence-electron chi connectivity index (χ2n) is 6.68. The summed E-state index contributed by atoms with van der Waals surface area (Å²) in [6, 6.07) is 19.4. The van der Waals surface area contributed by atoms with Gasteiger partial charge in [0.15, 0.2) is 0 Å². The molecule has 0 radical (unpaired) electrons. The first-order chi connectivity index (χ1) is 14.8. The molecule has 1 aromatic heterocycles. The highest BCUT2D eigenvalue weighted by Crippen LogP contribution is 2.35. The van der Waals surface area contributed by atoms with Gasteiger partial charge in [-0.15, -0.1) is 0 Å². The van der Waals surface area contributed by atoms with Gasteiger partial charge in [0.2, 0.25) is 0 Å². The Morgan fingerprint density at radius 1 is 1.00 bits per heavy atom. The summed E-state index contributed by atoms with van der Waals surface area (Å²) in [6.07, 6.45) is -3.19. The number of nitro groups is 1. The van der Waals surface area contributed by atoms with Crippen molar-refractivity contribution in [2.75, 3.05) is 5.43 Å². The molecule has 1 heterocycles. The number of nitrogens with one attached hydrogen (secondary N) is 2. The molecule has 0 unspecified atom stereocenters. The Hall–Kier alpha value is -4.14. The Bertz CT molecular complexity index is 1280. The number of hydrazone groups is 1. The van der Waals surface area contributed by atoms with Gasteiger partial charge in [-0.05, 0) is 23.8 Å². The van der Waals surface area contributed by atoms with Crippen LogP contribution in [-0.2, 0) is 6.18 Å². The van der Waals surface area contributed by atoms with Gasteiger partial charge < -0.3 is 4.98 Å². The molecule has 9 heteroatoms. The predicted molar refractivity (Wildman–Crippen MR) is 113 cm³/mol. The van der Waals surface area contributed by atoms with Crippen LogP contribution in [0.1, 0.15) is 11.1 Å². The quantitative estimate of drug-likeness (QED) is 0.227. The number of aromatic amines is 1. The van der Waals surface area contributed by atoms with Gasteiger partial charge >= 0.3 is 6.18 Å². The zero-order valence-electron chi connectivity index (χ0n) is 15.9. The molecule has 0 fully saturated rings. The molecule has 0 aliphatic rings. The van der Waals surface area contributed by atoms with E-state index in [1.54, 1.807) is 0 Å². The maximum Gasteiger partial charge on any atom is 0.416 e. The molecule has 4 aromatic rings. The van der Waals surface area contributed by atoms with E-state index in [0.717, 1.165) is 39.9 Å². The number of rotatable bonds is 5. The Labute approximate surface area is 174 Å². The van der Waals surface area contributed by atoms with Gasteiger partial charge in [0.1, 0.15) is 5.69 Å². The summed E-state index contributed by atoms with van der Waals surface area (Å²) in [5, 5.41) is 16.2. The lowest BCUT2D eigenvalue weighted by atomic mass is 10.1. The molecule has 31 heavy (non-hydrogen) atoms. The number of hydrogen-bond acceptors (Lipinski definition) is 4. The third-order valence-corrected chi connectivity index (χ3v) is 4.71. The third-order valence-electron chi connectivity index (χ3n) is 4.71. The van der Waals surface area contributed by atoms with Crippen LogP contribution in [0.3, 0.4) is 0 Å². The standard InChI is InChI=1S/C22H15F3N4O2/c23-22(24,25)15-10-11-19(20(12-15)29(30)31)28-26-13-17-16-8-4-5-9-18(16)27-21(17)14-6-2-1-3-7-14/h1-13,27-28H/b26-13+. The highest BCUT2D eigenvalue weighted by atomic mass is 19.4. The molecule has 0 atom stereocenters. The minimum Gasteiger partial charge on any atom is -0.354 e. The molecule has 4 rings (SSSR count). The van der Waals surface area contributed by atoms with E-state index in [-0.39, 0.29) is 5.69 Å². The van der Waals surface area contributed by atoms with Gasteiger partial charge in [-0.25, -0.2) is 0 Å². The topological polar surface area (TPSA) is 83.3 Å². The Morgan fingerprint density at radius 2 is 1.71 bits per heavy atom. The van der Waals surface area contributed by atoms with E-state index in [0.29, 0.717) is 6.07 Å². The highest BCUT2D eigenvalue weighted by molar-refractivity contribution is 6.06. The van der Waals surface area contributed by atoms with Crippen LogP contribution in [0.4, 0.5) is 24.5 Å². The number of halogens is 3. The molecule has 0 aliphatic heterocycles. The van der Waals surface area contributed by atoms with Crippen LogP contribution in [0.5, 0.6) is 0 Å². The first kappa shape index (κ1) is 20.1. The Kier molecular flexibility index (Phi) is 5.16. The number of aromatic nitrogens is 1. The molecule has 6 nitrogen and oxygen atoms in total. The van der Waals surface area contributed by atoms with Gasteiger partial charge in [-0.1, -0.05) is 48.5 Å². The molecule has 0 aliphatic carbocycles. The molecule has 2 N–H and O–H groups in total. The van der Waals surface area contributed by atoms with Crippen molar-refractivity contribution in [3.8, 4) is 11.3 Å². The molecular weight excluding hydrogens is 409 g/mol. The summed E-state index contributed by atoms with van der Waals surface area (Å²) < 4.78 is 38.6. The van der Waals surface area contributed by atoms with Crippen molar-refractivity contribution in [3.63, 3.8) is 0 Å². The van der Waals surface area contributed by atoms with E-state index < -0.39 is 22.4 Å². The van der Waals surface area contributed by atoms with Crippen molar-refractivity contribution in [2.45, 2.75) is 6.18 Å². The number of benzene rings is 3. The lowest BCUT2D eigenvalue weighted by Crippen LogP contribution is -2.06. The molecule has 0 saturated heterocycles. The summed E-state index contributed by atoms with van der Waals surface area (Å²) in [5.41, 5.74) is 3.88. The summed E-state index contributed by atoms with van der Waals surface area (Å²) in [4.78, 5) is 13.7. The van der Waals surface area contributed by atoms with E-state index in [9.17, 15) is 23.3 Å². The number of alkyl halides is 3. The van der Waals surface area contributed by atoms with Crippen LogP contribution < -0.4 is 5.43 Å². The maximum absolute atomic E-state index is 12.9. The summed E-state index contributed by atoms with van der Waals surface area (Å²) in [6.45, 7) is 0. The molecular formula is C22H15F3N4O2. The van der Waals surface area contributed by atoms with Crippen molar-refractivity contribution in [3.05, 3.63) is 94.0 Å². The number of para-hydroxylation sites is 1. The zero-order valence-corrected chi connectivity index (χ0v) is 15.9.